The molecular formula is C23H26F4O3. The summed E-state index contributed by atoms with van der Waals surface area (Å²) in [5.74, 6) is -2.75. The predicted molar refractivity (Wildman–Crippen MR) is 105 cm³/mol. The Balaban J connectivity index is 1.68. The average molecular weight is 426 g/mol. The largest absolute Gasteiger partial charge is 0.491 e. The van der Waals surface area contributed by atoms with Crippen LogP contribution in [0.1, 0.15) is 49.7 Å². The Labute approximate surface area is 173 Å². The molecule has 164 valence electrons. The van der Waals surface area contributed by atoms with Crippen molar-refractivity contribution < 1.29 is 31.8 Å². The third kappa shape index (κ3) is 5.06. The summed E-state index contributed by atoms with van der Waals surface area (Å²) < 4.78 is 71.9. The molecular weight excluding hydrogens is 400 g/mol. The van der Waals surface area contributed by atoms with Gasteiger partial charge in [-0.3, -0.25) is 0 Å². The van der Waals surface area contributed by atoms with Crippen LogP contribution < -0.4 is 9.47 Å². The Morgan fingerprint density at radius 1 is 0.933 bits per heavy atom. The number of ether oxygens (including phenoxy) is 3. The molecule has 3 rings (SSSR count). The lowest BCUT2D eigenvalue weighted by molar-refractivity contribution is -0.187. The van der Waals surface area contributed by atoms with Crippen molar-refractivity contribution in [2.45, 2.75) is 44.6 Å². The Morgan fingerprint density at radius 3 is 2.20 bits per heavy atom. The van der Waals surface area contributed by atoms with Crippen molar-refractivity contribution in [2.24, 2.45) is 5.92 Å². The molecule has 1 aliphatic carbocycles. The van der Waals surface area contributed by atoms with Crippen LogP contribution in [-0.2, 0) is 10.8 Å². The van der Waals surface area contributed by atoms with Crippen LogP contribution in [0.4, 0.5) is 17.6 Å². The highest BCUT2D eigenvalue weighted by atomic mass is 19.3. The fraction of sp³-hybridized carbons (Fsp3) is 0.478. The number of hydrogen-bond donors (Lipinski definition) is 0. The molecule has 0 aromatic heterocycles. The van der Waals surface area contributed by atoms with Crippen LogP contribution >= 0.6 is 0 Å². The van der Waals surface area contributed by atoms with E-state index in [1.165, 1.54) is 12.1 Å². The zero-order valence-electron chi connectivity index (χ0n) is 17.1. The van der Waals surface area contributed by atoms with Crippen molar-refractivity contribution in [1.29, 1.82) is 0 Å². The highest BCUT2D eigenvalue weighted by Gasteiger charge is 2.39. The minimum absolute atomic E-state index is 0.0863. The standard InChI is InChI=1S/C23H26F4O3/c1-3-29-20-13-12-19(21(24)22(20)25)23(26,27)30-18-10-8-17(9-11-18)16-6-4-15(5-7-16)14-28-2/h8-13,15-16H,3-7,14H2,1-2H3. The van der Waals surface area contributed by atoms with Gasteiger partial charge in [-0.05, 0) is 74.3 Å². The Bertz CT molecular complexity index is 831. The van der Waals surface area contributed by atoms with E-state index in [0.29, 0.717) is 11.8 Å². The molecule has 0 bridgehead atoms. The van der Waals surface area contributed by atoms with Gasteiger partial charge in [0.2, 0.25) is 5.82 Å². The van der Waals surface area contributed by atoms with E-state index in [2.05, 4.69) is 0 Å². The minimum atomic E-state index is -4.03. The summed E-state index contributed by atoms with van der Waals surface area (Å²) in [5.41, 5.74) is -0.121. The summed E-state index contributed by atoms with van der Waals surface area (Å²) in [5, 5.41) is 0. The molecule has 0 heterocycles. The van der Waals surface area contributed by atoms with E-state index >= 15 is 0 Å². The summed E-state index contributed by atoms with van der Waals surface area (Å²) in [7, 11) is 1.70. The lowest BCUT2D eigenvalue weighted by Crippen LogP contribution is -2.24. The highest BCUT2D eigenvalue weighted by molar-refractivity contribution is 5.34. The first-order chi connectivity index (χ1) is 14.4. The van der Waals surface area contributed by atoms with Gasteiger partial charge in [-0.15, -0.1) is 0 Å². The minimum Gasteiger partial charge on any atom is -0.491 e. The van der Waals surface area contributed by atoms with Crippen LogP contribution in [0.25, 0.3) is 0 Å². The Morgan fingerprint density at radius 2 is 1.60 bits per heavy atom. The van der Waals surface area contributed by atoms with Crippen LogP contribution in [0.15, 0.2) is 36.4 Å². The van der Waals surface area contributed by atoms with Gasteiger partial charge in [0.1, 0.15) is 11.3 Å². The first kappa shape index (κ1) is 22.4. The SMILES string of the molecule is CCOc1ccc(C(F)(F)Oc2ccc(C3CCC(COC)CC3)cc2)c(F)c1F. The summed E-state index contributed by atoms with van der Waals surface area (Å²) in [6.07, 6.45) is 0.131. The lowest BCUT2D eigenvalue weighted by atomic mass is 9.79. The molecule has 0 radical (unpaired) electrons. The molecule has 1 saturated carbocycles. The summed E-state index contributed by atoms with van der Waals surface area (Å²) in [6.45, 7) is 2.43. The molecule has 1 aliphatic rings. The Kier molecular flexibility index (Phi) is 7.23. The molecule has 0 unspecified atom stereocenters. The van der Waals surface area contributed by atoms with Crippen molar-refractivity contribution in [1.82, 2.24) is 0 Å². The van der Waals surface area contributed by atoms with E-state index in [1.54, 1.807) is 26.2 Å². The predicted octanol–water partition coefficient (Wildman–Crippen LogP) is 6.41. The van der Waals surface area contributed by atoms with Gasteiger partial charge < -0.3 is 14.2 Å². The van der Waals surface area contributed by atoms with Crippen LogP contribution in [0, 0.1) is 17.6 Å². The van der Waals surface area contributed by atoms with E-state index in [0.717, 1.165) is 50.0 Å². The van der Waals surface area contributed by atoms with Crippen molar-refractivity contribution in [2.75, 3.05) is 20.3 Å². The first-order valence-corrected chi connectivity index (χ1v) is 10.1. The average Bonchev–Trinajstić information content (AvgIpc) is 2.73. The zero-order chi connectivity index (χ0) is 21.7. The summed E-state index contributed by atoms with van der Waals surface area (Å²) in [6, 6.07) is 8.12. The molecule has 2 aromatic carbocycles. The quantitative estimate of drug-likeness (QED) is 0.457. The number of rotatable bonds is 8. The van der Waals surface area contributed by atoms with E-state index < -0.39 is 29.1 Å². The van der Waals surface area contributed by atoms with Crippen molar-refractivity contribution in [3.63, 3.8) is 0 Å². The second-order valence-electron chi connectivity index (χ2n) is 7.53. The van der Waals surface area contributed by atoms with Gasteiger partial charge in [-0.1, -0.05) is 12.1 Å². The van der Waals surface area contributed by atoms with E-state index in [9.17, 15) is 17.6 Å². The number of alkyl halides is 2. The maximum absolute atomic E-state index is 14.5. The van der Waals surface area contributed by atoms with Gasteiger partial charge in [0, 0.05) is 13.7 Å². The number of hydrogen-bond acceptors (Lipinski definition) is 3. The van der Waals surface area contributed by atoms with Crippen LogP contribution in [-0.4, -0.2) is 20.3 Å². The van der Waals surface area contributed by atoms with Crippen molar-refractivity contribution in [3.05, 3.63) is 59.2 Å². The van der Waals surface area contributed by atoms with Crippen molar-refractivity contribution in [3.8, 4) is 11.5 Å². The van der Waals surface area contributed by atoms with Gasteiger partial charge in [-0.2, -0.15) is 13.2 Å². The highest BCUT2D eigenvalue weighted by Crippen LogP contribution is 2.38. The normalized spacial score (nSPS) is 19.5. The third-order valence-electron chi connectivity index (χ3n) is 5.51. The molecule has 0 amide bonds. The maximum Gasteiger partial charge on any atom is 0.429 e. The second-order valence-corrected chi connectivity index (χ2v) is 7.53. The first-order valence-electron chi connectivity index (χ1n) is 10.1. The smallest absolute Gasteiger partial charge is 0.429 e. The summed E-state index contributed by atoms with van der Waals surface area (Å²) >= 11 is 0. The van der Waals surface area contributed by atoms with Gasteiger partial charge in [-0.25, -0.2) is 4.39 Å². The molecule has 0 saturated heterocycles. The van der Waals surface area contributed by atoms with Gasteiger partial charge >= 0.3 is 6.11 Å². The number of methoxy groups -OCH3 is 1. The molecule has 2 aromatic rings. The van der Waals surface area contributed by atoms with Gasteiger partial charge in [0.05, 0.1) is 6.61 Å². The maximum atomic E-state index is 14.5. The monoisotopic (exact) mass is 426 g/mol. The molecule has 0 spiro atoms. The number of halogens is 4. The molecule has 3 nitrogen and oxygen atoms in total. The van der Waals surface area contributed by atoms with Crippen LogP contribution in [0.5, 0.6) is 11.5 Å². The van der Waals surface area contributed by atoms with E-state index in [-0.39, 0.29) is 12.4 Å². The van der Waals surface area contributed by atoms with E-state index in [4.69, 9.17) is 14.2 Å². The lowest BCUT2D eigenvalue weighted by Gasteiger charge is -2.28. The molecule has 1 fully saturated rings. The molecule has 0 atom stereocenters. The van der Waals surface area contributed by atoms with E-state index in [1.807, 2.05) is 0 Å². The molecule has 7 heteroatoms. The fourth-order valence-electron chi connectivity index (χ4n) is 3.93. The molecule has 0 N–H and O–H groups in total. The van der Waals surface area contributed by atoms with Gasteiger partial charge in [0.25, 0.3) is 0 Å². The van der Waals surface area contributed by atoms with Crippen LogP contribution in [0.3, 0.4) is 0 Å². The second kappa shape index (κ2) is 9.69. The van der Waals surface area contributed by atoms with Crippen molar-refractivity contribution >= 4 is 0 Å². The molecule has 0 aliphatic heterocycles. The summed E-state index contributed by atoms with van der Waals surface area (Å²) in [4.78, 5) is 0. The third-order valence-corrected chi connectivity index (χ3v) is 5.51. The molecule has 30 heavy (non-hydrogen) atoms. The van der Waals surface area contributed by atoms with Crippen LogP contribution in [0.2, 0.25) is 0 Å². The zero-order valence-corrected chi connectivity index (χ0v) is 17.1. The van der Waals surface area contributed by atoms with Gasteiger partial charge in [0.15, 0.2) is 11.6 Å². The fourth-order valence-corrected chi connectivity index (χ4v) is 3.93. The number of benzene rings is 2. The topological polar surface area (TPSA) is 27.7 Å². The Hall–Kier alpha value is -2.28.